The summed E-state index contributed by atoms with van der Waals surface area (Å²) < 4.78 is 2.32. The molecule has 1 aliphatic carbocycles. The second-order valence-electron chi connectivity index (χ2n) is 8.48. The Balaban J connectivity index is 1.36. The van der Waals surface area contributed by atoms with Crippen molar-refractivity contribution in [2.45, 2.75) is 70.5 Å². The number of carbonyl (C=O) groups is 1. The van der Waals surface area contributed by atoms with E-state index >= 15 is 0 Å². The van der Waals surface area contributed by atoms with Crippen LogP contribution in [-0.2, 0) is 6.42 Å². The number of benzene rings is 1. The number of carbonyl (C=O) groups excluding carboxylic acids is 1. The van der Waals surface area contributed by atoms with E-state index in [2.05, 4.69) is 43.3 Å². The summed E-state index contributed by atoms with van der Waals surface area (Å²) in [6.07, 6.45) is 8.58. The fraction of sp³-hybridized carbons (Fsp3) is 0.522. The van der Waals surface area contributed by atoms with Gasteiger partial charge in [-0.1, -0.05) is 42.3 Å². The zero-order valence-corrected chi connectivity index (χ0v) is 20.1. The van der Waals surface area contributed by atoms with Gasteiger partial charge >= 0.3 is 0 Å². The molecule has 170 valence electrons. The molecule has 0 atom stereocenters. The lowest BCUT2D eigenvalue weighted by Gasteiger charge is -2.16. The average Bonchev–Trinajstić information content (AvgIpc) is 3.50. The van der Waals surface area contributed by atoms with Gasteiger partial charge in [0.15, 0.2) is 10.9 Å². The number of aryl methyl sites for hydroxylation is 4. The number of nitrogens with one attached hydrogen (secondary N) is 1. The van der Waals surface area contributed by atoms with Crippen LogP contribution in [0.4, 0.5) is 0 Å². The molecule has 32 heavy (non-hydrogen) atoms. The van der Waals surface area contributed by atoms with Crippen LogP contribution < -0.4 is 5.32 Å². The first-order chi connectivity index (χ1) is 15.5. The topological polar surface area (TPSA) is 90.5 Å². The minimum Gasteiger partial charge on any atom is -0.351 e. The number of thioether (sulfide) groups is 1. The van der Waals surface area contributed by atoms with Gasteiger partial charge in [0.25, 0.3) is 5.91 Å². The Morgan fingerprint density at radius 3 is 2.66 bits per heavy atom. The molecular weight excluding hydrogens is 422 g/mol. The van der Waals surface area contributed by atoms with Crippen molar-refractivity contribution < 1.29 is 4.79 Å². The molecule has 2 heterocycles. The summed E-state index contributed by atoms with van der Waals surface area (Å²) in [6, 6.07) is 6.60. The number of aromatic nitrogens is 6. The molecule has 1 saturated carbocycles. The largest absolute Gasteiger partial charge is 0.351 e. The monoisotopic (exact) mass is 453 g/mol. The first-order valence-electron chi connectivity index (χ1n) is 11.3. The van der Waals surface area contributed by atoms with Crippen molar-refractivity contribution in [1.82, 2.24) is 35.1 Å². The zero-order chi connectivity index (χ0) is 22.7. The lowest BCUT2D eigenvalue weighted by Crippen LogP contribution is -2.26. The molecule has 3 aromatic rings. The molecule has 1 fully saturated rings. The molecular formula is C23H31N7OS. The van der Waals surface area contributed by atoms with Crippen molar-refractivity contribution in [3.63, 3.8) is 0 Å². The first-order valence-corrected chi connectivity index (χ1v) is 12.5. The third-order valence-electron chi connectivity index (χ3n) is 6.04. The van der Waals surface area contributed by atoms with E-state index in [4.69, 9.17) is 0 Å². The lowest BCUT2D eigenvalue weighted by molar-refractivity contribution is 0.0947. The molecule has 9 heteroatoms. The van der Waals surface area contributed by atoms with Gasteiger partial charge in [-0.2, -0.15) is 9.90 Å². The number of rotatable bonds is 8. The fourth-order valence-corrected chi connectivity index (χ4v) is 4.98. The molecule has 1 N–H and O–H groups in total. The van der Waals surface area contributed by atoms with E-state index in [1.165, 1.54) is 31.2 Å². The molecule has 4 rings (SSSR count). The quantitative estimate of drug-likeness (QED) is 0.410. The lowest BCUT2D eigenvalue weighted by atomic mass is 10.1. The fourth-order valence-electron chi connectivity index (χ4n) is 4.40. The Kier molecular flexibility index (Phi) is 6.93. The van der Waals surface area contributed by atoms with Crippen molar-refractivity contribution in [1.29, 1.82) is 0 Å². The molecule has 1 aromatic carbocycles. The van der Waals surface area contributed by atoms with Crippen molar-refractivity contribution in [3.8, 4) is 5.69 Å². The van der Waals surface area contributed by atoms with E-state index in [1.54, 1.807) is 16.6 Å². The number of amides is 1. The summed E-state index contributed by atoms with van der Waals surface area (Å²) in [5.74, 6) is 0.827. The minimum absolute atomic E-state index is 0.194. The van der Waals surface area contributed by atoms with E-state index < -0.39 is 0 Å². The van der Waals surface area contributed by atoms with Crippen LogP contribution in [-0.4, -0.2) is 48.5 Å². The second kappa shape index (κ2) is 9.85. The second-order valence-corrected chi connectivity index (χ2v) is 9.26. The average molecular weight is 454 g/mol. The third-order valence-corrected chi connectivity index (χ3v) is 6.68. The zero-order valence-electron chi connectivity index (χ0n) is 19.3. The number of nitrogens with zero attached hydrogens (tertiary/aromatic N) is 6. The first kappa shape index (κ1) is 22.5. The molecule has 0 saturated heterocycles. The van der Waals surface area contributed by atoms with Crippen LogP contribution >= 0.6 is 11.8 Å². The summed E-state index contributed by atoms with van der Waals surface area (Å²) in [7, 11) is 0. The van der Waals surface area contributed by atoms with Crippen molar-refractivity contribution in [3.05, 3.63) is 46.5 Å². The van der Waals surface area contributed by atoms with E-state index in [-0.39, 0.29) is 5.91 Å². The van der Waals surface area contributed by atoms with Gasteiger partial charge in [-0.3, -0.25) is 4.79 Å². The summed E-state index contributed by atoms with van der Waals surface area (Å²) in [4.78, 5) is 14.3. The highest BCUT2D eigenvalue weighted by Gasteiger charge is 2.23. The summed E-state index contributed by atoms with van der Waals surface area (Å²) in [5, 5.41) is 21.7. The highest BCUT2D eigenvalue weighted by Crippen LogP contribution is 2.33. The standard InChI is InChI=1S/C23H31N7OS/c1-15-11-12-19(16(2)14-15)30-27-17(3)21(28-30)22(31)24-13-7-10-20-25-26-23(32-4)29(20)18-8-5-6-9-18/h11-12,14,18H,5-10,13H2,1-4H3,(H,24,31). The summed E-state index contributed by atoms with van der Waals surface area (Å²) in [6.45, 7) is 6.44. The van der Waals surface area contributed by atoms with Crippen LogP contribution in [0.5, 0.6) is 0 Å². The van der Waals surface area contributed by atoms with E-state index in [9.17, 15) is 4.79 Å². The maximum atomic E-state index is 12.7. The molecule has 8 nitrogen and oxygen atoms in total. The maximum Gasteiger partial charge on any atom is 0.273 e. The molecule has 0 aliphatic heterocycles. The van der Waals surface area contributed by atoms with Gasteiger partial charge in [0, 0.05) is 19.0 Å². The Bertz CT molecular complexity index is 1100. The van der Waals surface area contributed by atoms with Crippen LogP contribution in [0, 0.1) is 20.8 Å². The molecule has 0 unspecified atom stereocenters. The maximum absolute atomic E-state index is 12.7. The Morgan fingerprint density at radius 1 is 1.16 bits per heavy atom. The Hall–Kier alpha value is -2.68. The van der Waals surface area contributed by atoms with Crippen molar-refractivity contribution >= 4 is 17.7 Å². The molecule has 0 spiro atoms. The van der Waals surface area contributed by atoms with Gasteiger partial charge in [-0.15, -0.1) is 15.3 Å². The number of hydrogen-bond acceptors (Lipinski definition) is 6. The normalized spacial score (nSPS) is 14.2. The van der Waals surface area contributed by atoms with E-state index in [0.29, 0.717) is 24.0 Å². The Labute approximate surface area is 193 Å². The van der Waals surface area contributed by atoms with Gasteiger partial charge in [0.05, 0.1) is 11.4 Å². The third kappa shape index (κ3) is 4.72. The molecule has 1 amide bonds. The van der Waals surface area contributed by atoms with Crippen molar-refractivity contribution in [2.75, 3.05) is 12.8 Å². The molecule has 1 aliphatic rings. The van der Waals surface area contributed by atoms with Gasteiger partial charge in [0.1, 0.15) is 5.82 Å². The van der Waals surface area contributed by atoms with Crippen LogP contribution in [0.25, 0.3) is 5.69 Å². The Morgan fingerprint density at radius 2 is 1.94 bits per heavy atom. The van der Waals surface area contributed by atoms with Crippen LogP contribution in [0.2, 0.25) is 0 Å². The molecule has 0 radical (unpaired) electrons. The van der Waals surface area contributed by atoms with Gasteiger partial charge < -0.3 is 9.88 Å². The smallest absolute Gasteiger partial charge is 0.273 e. The highest BCUT2D eigenvalue weighted by atomic mass is 32.2. The summed E-state index contributed by atoms with van der Waals surface area (Å²) >= 11 is 1.65. The van der Waals surface area contributed by atoms with Gasteiger partial charge in [-0.05, 0) is 57.9 Å². The molecule has 0 bridgehead atoms. The van der Waals surface area contributed by atoms with Gasteiger partial charge in [0.2, 0.25) is 0 Å². The highest BCUT2D eigenvalue weighted by molar-refractivity contribution is 7.98. The summed E-state index contributed by atoms with van der Waals surface area (Å²) in [5.41, 5.74) is 4.12. The van der Waals surface area contributed by atoms with E-state index in [1.807, 2.05) is 32.2 Å². The minimum atomic E-state index is -0.194. The van der Waals surface area contributed by atoms with Crippen LogP contribution in [0.1, 0.15) is 71.3 Å². The van der Waals surface area contributed by atoms with E-state index in [0.717, 1.165) is 35.1 Å². The number of hydrogen-bond donors (Lipinski definition) is 1. The predicted molar refractivity (Wildman–Crippen MR) is 126 cm³/mol. The SMILES string of the molecule is CSc1nnc(CCCNC(=O)c2nn(-c3ccc(C)cc3C)nc2C)n1C1CCCC1. The van der Waals surface area contributed by atoms with Crippen LogP contribution in [0.3, 0.4) is 0 Å². The van der Waals surface area contributed by atoms with Crippen molar-refractivity contribution in [2.24, 2.45) is 0 Å². The predicted octanol–water partition coefficient (Wildman–Crippen LogP) is 3.98. The van der Waals surface area contributed by atoms with Crippen LogP contribution in [0.15, 0.2) is 23.4 Å². The van der Waals surface area contributed by atoms with Gasteiger partial charge in [-0.25, -0.2) is 0 Å². The molecule has 2 aromatic heterocycles.